The third kappa shape index (κ3) is 3.67. The Kier molecular flexibility index (Phi) is 4.94. The average Bonchev–Trinajstić information content (AvgIpc) is 3.41. The molecule has 1 fully saturated rings. The van der Waals surface area contributed by atoms with E-state index in [9.17, 15) is 9.59 Å². The van der Waals surface area contributed by atoms with Crippen molar-refractivity contribution >= 4 is 11.2 Å². The smallest absolute Gasteiger partial charge is 0.318 e. The van der Waals surface area contributed by atoms with Crippen molar-refractivity contribution in [2.45, 2.75) is 32.9 Å². The number of fused-ring (bicyclic) bond motifs is 1. The lowest BCUT2D eigenvalue weighted by Crippen LogP contribution is -2.40. The lowest BCUT2D eigenvalue weighted by atomic mass is 9.98. The molecule has 2 aromatic carbocycles. The number of H-pyrrole nitrogens is 1. The number of nitrogens with one attached hydrogen (secondary N) is 1. The zero-order chi connectivity index (χ0) is 24.1. The summed E-state index contributed by atoms with van der Waals surface area (Å²) in [5.41, 5.74) is 4.27. The molecule has 1 saturated carbocycles. The summed E-state index contributed by atoms with van der Waals surface area (Å²) in [6.07, 6.45) is 2.13. The van der Waals surface area contributed by atoms with E-state index in [-0.39, 0.29) is 11.2 Å². The monoisotopic (exact) mass is 468 g/mol. The van der Waals surface area contributed by atoms with Crippen LogP contribution in [-0.4, -0.2) is 39.3 Å². The van der Waals surface area contributed by atoms with Crippen molar-refractivity contribution in [2.24, 2.45) is 13.0 Å². The van der Waals surface area contributed by atoms with Crippen molar-refractivity contribution in [3.63, 3.8) is 0 Å². The van der Waals surface area contributed by atoms with Gasteiger partial charge < -0.3 is 4.57 Å². The maximum Gasteiger partial charge on any atom is 0.332 e. The van der Waals surface area contributed by atoms with Crippen molar-refractivity contribution in [1.82, 2.24) is 39.3 Å². The van der Waals surface area contributed by atoms with Crippen LogP contribution in [0, 0.1) is 12.8 Å². The minimum atomic E-state index is -0.302. The Morgan fingerprint density at radius 3 is 2.43 bits per heavy atom. The molecule has 35 heavy (non-hydrogen) atoms. The van der Waals surface area contributed by atoms with Gasteiger partial charge in [-0.3, -0.25) is 13.9 Å². The van der Waals surface area contributed by atoms with Crippen LogP contribution in [0.15, 0.2) is 58.1 Å². The van der Waals surface area contributed by atoms with E-state index in [0.717, 1.165) is 35.1 Å². The molecule has 3 heterocycles. The van der Waals surface area contributed by atoms with Gasteiger partial charge in [-0.25, -0.2) is 9.78 Å². The highest BCUT2D eigenvalue weighted by Crippen LogP contribution is 2.31. The van der Waals surface area contributed by atoms with Gasteiger partial charge in [-0.05, 0) is 47.6 Å². The summed E-state index contributed by atoms with van der Waals surface area (Å²) in [6.45, 7) is 2.82. The molecule has 0 amide bonds. The number of rotatable bonds is 6. The third-order valence-electron chi connectivity index (χ3n) is 6.68. The Bertz CT molecular complexity index is 1660. The van der Waals surface area contributed by atoms with Gasteiger partial charge in [0.15, 0.2) is 11.2 Å². The van der Waals surface area contributed by atoms with Crippen LogP contribution in [0.25, 0.3) is 33.7 Å². The zero-order valence-electron chi connectivity index (χ0n) is 19.5. The van der Waals surface area contributed by atoms with Crippen molar-refractivity contribution < 1.29 is 0 Å². The summed E-state index contributed by atoms with van der Waals surface area (Å²) in [6, 6.07) is 16.1. The Balaban J connectivity index is 1.38. The molecule has 0 radical (unpaired) electrons. The normalized spacial score (nSPS) is 13.5. The molecule has 0 bridgehead atoms. The van der Waals surface area contributed by atoms with E-state index in [1.54, 1.807) is 7.05 Å². The van der Waals surface area contributed by atoms with Gasteiger partial charge in [0.25, 0.3) is 5.56 Å². The van der Waals surface area contributed by atoms with Gasteiger partial charge in [-0.2, -0.15) is 5.21 Å². The number of benzene rings is 2. The minimum Gasteiger partial charge on any atom is -0.318 e. The number of imidazole rings is 1. The molecule has 10 nitrogen and oxygen atoms in total. The van der Waals surface area contributed by atoms with Crippen LogP contribution in [0.4, 0.5) is 0 Å². The van der Waals surface area contributed by atoms with Gasteiger partial charge in [-0.15, -0.1) is 10.2 Å². The average molecular weight is 469 g/mol. The maximum absolute atomic E-state index is 13.3. The molecule has 6 rings (SSSR count). The van der Waals surface area contributed by atoms with E-state index >= 15 is 0 Å². The molecule has 176 valence electrons. The van der Waals surface area contributed by atoms with Crippen LogP contribution >= 0.6 is 0 Å². The third-order valence-corrected chi connectivity index (χ3v) is 6.68. The summed E-state index contributed by atoms with van der Waals surface area (Å²) in [7, 11) is 1.68. The number of nitrogens with zero attached hydrogens (tertiary/aromatic N) is 7. The highest BCUT2D eigenvalue weighted by molar-refractivity contribution is 5.80. The maximum atomic E-state index is 13.3. The SMILES string of the molecule is Cc1nc2c(c(=O)n(CC3CC3)c(=O)n2C)n1Cc1ccc(-c2ccccc2-c2nn[nH]n2)cc1. The topological polar surface area (TPSA) is 116 Å². The van der Waals surface area contributed by atoms with Crippen molar-refractivity contribution in [3.8, 4) is 22.5 Å². The quantitative estimate of drug-likeness (QED) is 0.409. The Morgan fingerprint density at radius 2 is 1.74 bits per heavy atom. The molecule has 10 heteroatoms. The summed E-state index contributed by atoms with van der Waals surface area (Å²) in [5.74, 6) is 1.65. The molecule has 0 spiro atoms. The molecular weight excluding hydrogens is 444 g/mol. The van der Waals surface area contributed by atoms with Gasteiger partial charge in [0.05, 0.1) is 0 Å². The lowest BCUT2D eigenvalue weighted by molar-refractivity contribution is 0.557. The Morgan fingerprint density at radius 1 is 1.00 bits per heavy atom. The number of hydrogen-bond acceptors (Lipinski definition) is 6. The zero-order valence-corrected chi connectivity index (χ0v) is 19.5. The summed E-state index contributed by atoms with van der Waals surface area (Å²) >= 11 is 0. The molecule has 3 aromatic heterocycles. The Labute approximate surface area is 199 Å². The van der Waals surface area contributed by atoms with Gasteiger partial charge in [-0.1, -0.05) is 48.5 Å². The number of aromatic amines is 1. The number of hydrogen-bond donors (Lipinski definition) is 1. The van der Waals surface area contributed by atoms with E-state index in [2.05, 4.69) is 25.6 Å². The molecular formula is C25H24N8O2. The molecule has 0 unspecified atom stereocenters. The fourth-order valence-electron chi connectivity index (χ4n) is 4.57. The summed E-state index contributed by atoms with van der Waals surface area (Å²) < 4.78 is 4.76. The molecule has 1 aliphatic rings. The van der Waals surface area contributed by atoms with E-state index in [4.69, 9.17) is 0 Å². The minimum absolute atomic E-state index is 0.263. The van der Waals surface area contributed by atoms with Crippen molar-refractivity contribution in [1.29, 1.82) is 0 Å². The second-order valence-corrected chi connectivity index (χ2v) is 9.10. The first-order valence-electron chi connectivity index (χ1n) is 11.6. The highest BCUT2D eigenvalue weighted by Gasteiger charge is 2.26. The molecule has 0 atom stereocenters. The summed E-state index contributed by atoms with van der Waals surface area (Å²) in [5, 5.41) is 14.4. The number of aromatic nitrogens is 8. The molecule has 1 N–H and O–H groups in total. The first-order chi connectivity index (χ1) is 17.0. The first-order valence-corrected chi connectivity index (χ1v) is 11.6. The van der Waals surface area contributed by atoms with Gasteiger partial charge >= 0.3 is 5.69 Å². The van der Waals surface area contributed by atoms with E-state index in [1.165, 1.54) is 9.13 Å². The second kappa shape index (κ2) is 8.15. The lowest BCUT2D eigenvalue weighted by Gasteiger charge is -2.11. The van der Waals surface area contributed by atoms with E-state index in [1.807, 2.05) is 60.0 Å². The predicted molar refractivity (Wildman–Crippen MR) is 131 cm³/mol. The highest BCUT2D eigenvalue weighted by atomic mass is 16.2. The Hall–Kier alpha value is -4.34. The largest absolute Gasteiger partial charge is 0.332 e. The number of tetrazole rings is 1. The van der Waals surface area contributed by atoms with Crippen LogP contribution in [0.3, 0.4) is 0 Å². The van der Waals surface area contributed by atoms with Crippen molar-refractivity contribution in [2.75, 3.05) is 0 Å². The van der Waals surface area contributed by atoms with Crippen molar-refractivity contribution in [3.05, 3.63) is 80.8 Å². The van der Waals surface area contributed by atoms with E-state index < -0.39 is 0 Å². The summed E-state index contributed by atoms with van der Waals surface area (Å²) in [4.78, 5) is 30.7. The van der Waals surface area contributed by atoms with Crippen LogP contribution in [0.5, 0.6) is 0 Å². The van der Waals surface area contributed by atoms with Gasteiger partial charge in [0.2, 0.25) is 5.82 Å². The van der Waals surface area contributed by atoms with Crippen LogP contribution < -0.4 is 11.2 Å². The van der Waals surface area contributed by atoms with Crippen LogP contribution in [0.2, 0.25) is 0 Å². The molecule has 1 aliphatic carbocycles. The predicted octanol–water partition coefficient (Wildman–Crippen LogP) is 2.51. The first kappa shape index (κ1) is 21.2. The second-order valence-electron chi connectivity index (χ2n) is 9.10. The van der Waals surface area contributed by atoms with E-state index in [0.29, 0.717) is 41.8 Å². The van der Waals surface area contributed by atoms with Gasteiger partial charge in [0.1, 0.15) is 5.82 Å². The number of aryl methyl sites for hydroxylation is 2. The van der Waals surface area contributed by atoms with Gasteiger partial charge in [0, 0.05) is 25.7 Å². The standard InChI is InChI=1S/C25H24N8O2/c1-15-26-23-21(24(34)33(14-16-7-8-16)25(35)31(23)2)32(15)13-17-9-11-18(12-10-17)19-5-3-4-6-20(19)22-27-29-30-28-22/h3-6,9-12,16H,7-8,13-14H2,1-2H3,(H,27,28,29,30). The van der Waals surface area contributed by atoms with Crippen LogP contribution in [0.1, 0.15) is 24.2 Å². The van der Waals surface area contributed by atoms with Crippen LogP contribution in [-0.2, 0) is 20.1 Å². The fraction of sp³-hybridized carbons (Fsp3) is 0.280. The molecule has 5 aromatic rings. The fourth-order valence-corrected chi connectivity index (χ4v) is 4.57. The molecule has 0 aliphatic heterocycles. The molecule has 0 saturated heterocycles.